The molecule has 1 N–H and O–H groups in total. The van der Waals surface area contributed by atoms with Crippen LogP contribution in [0.5, 0.6) is 11.5 Å². The van der Waals surface area contributed by atoms with E-state index in [1.165, 1.54) is 6.92 Å². The van der Waals surface area contributed by atoms with Gasteiger partial charge in [-0.25, -0.2) is 0 Å². The first-order valence-electron chi connectivity index (χ1n) is 7.91. The lowest BCUT2D eigenvalue weighted by Crippen LogP contribution is -2.44. The molecule has 0 aromatic heterocycles. The van der Waals surface area contributed by atoms with E-state index in [4.69, 9.17) is 9.47 Å². The number of amides is 2. The van der Waals surface area contributed by atoms with Crippen molar-refractivity contribution >= 4 is 11.8 Å². The van der Waals surface area contributed by atoms with Gasteiger partial charge in [0.2, 0.25) is 11.8 Å². The lowest BCUT2D eigenvalue weighted by atomic mass is 10.1. The van der Waals surface area contributed by atoms with Crippen LogP contribution in [0.1, 0.15) is 32.3 Å². The SMILES string of the molecule is CCOc1ccc(CNC(=O)[C@H]2CCCN2C(C)=O)cc1OC. The van der Waals surface area contributed by atoms with Gasteiger partial charge in [0.05, 0.1) is 13.7 Å². The highest BCUT2D eigenvalue weighted by Gasteiger charge is 2.31. The fourth-order valence-electron chi connectivity index (χ4n) is 2.82. The fourth-order valence-corrected chi connectivity index (χ4v) is 2.82. The Kier molecular flexibility index (Phi) is 5.84. The van der Waals surface area contributed by atoms with Crippen LogP contribution in [-0.4, -0.2) is 43.0 Å². The molecule has 0 unspecified atom stereocenters. The largest absolute Gasteiger partial charge is 0.493 e. The molecule has 1 aliphatic rings. The number of likely N-dealkylation sites (tertiary alicyclic amines) is 1. The minimum Gasteiger partial charge on any atom is -0.493 e. The summed E-state index contributed by atoms with van der Waals surface area (Å²) < 4.78 is 10.8. The maximum absolute atomic E-state index is 12.3. The van der Waals surface area contributed by atoms with Crippen LogP contribution in [0.25, 0.3) is 0 Å². The molecule has 1 atom stereocenters. The quantitative estimate of drug-likeness (QED) is 0.866. The second-order valence-electron chi connectivity index (χ2n) is 5.51. The number of benzene rings is 1. The maximum Gasteiger partial charge on any atom is 0.243 e. The Morgan fingerprint density at radius 3 is 2.78 bits per heavy atom. The van der Waals surface area contributed by atoms with Crippen molar-refractivity contribution < 1.29 is 19.1 Å². The molecule has 1 fully saturated rings. The molecule has 126 valence electrons. The van der Waals surface area contributed by atoms with Gasteiger partial charge in [-0.15, -0.1) is 0 Å². The van der Waals surface area contributed by atoms with Crippen LogP contribution in [0.3, 0.4) is 0 Å². The van der Waals surface area contributed by atoms with E-state index in [-0.39, 0.29) is 17.9 Å². The van der Waals surface area contributed by atoms with Crippen LogP contribution in [0.15, 0.2) is 18.2 Å². The smallest absolute Gasteiger partial charge is 0.243 e. The lowest BCUT2D eigenvalue weighted by molar-refractivity contribution is -0.136. The number of methoxy groups -OCH3 is 1. The van der Waals surface area contributed by atoms with Crippen LogP contribution in [-0.2, 0) is 16.1 Å². The van der Waals surface area contributed by atoms with Gasteiger partial charge in [0.1, 0.15) is 6.04 Å². The van der Waals surface area contributed by atoms with Gasteiger partial charge in [-0.05, 0) is 37.5 Å². The van der Waals surface area contributed by atoms with Gasteiger partial charge in [0, 0.05) is 20.0 Å². The molecule has 6 nitrogen and oxygen atoms in total. The molecule has 1 aromatic carbocycles. The van der Waals surface area contributed by atoms with Crippen molar-refractivity contribution in [2.75, 3.05) is 20.3 Å². The van der Waals surface area contributed by atoms with Crippen molar-refractivity contribution in [2.24, 2.45) is 0 Å². The molecule has 1 aliphatic heterocycles. The summed E-state index contributed by atoms with van der Waals surface area (Å²) in [5, 5.41) is 2.90. The molecule has 0 spiro atoms. The third kappa shape index (κ3) is 4.15. The summed E-state index contributed by atoms with van der Waals surface area (Å²) in [5.41, 5.74) is 0.922. The van der Waals surface area contributed by atoms with Crippen molar-refractivity contribution in [2.45, 2.75) is 39.3 Å². The van der Waals surface area contributed by atoms with Crippen LogP contribution in [0, 0.1) is 0 Å². The Morgan fingerprint density at radius 2 is 2.13 bits per heavy atom. The van der Waals surface area contributed by atoms with Crippen molar-refractivity contribution in [3.63, 3.8) is 0 Å². The Labute approximate surface area is 136 Å². The molecule has 0 radical (unpaired) electrons. The van der Waals surface area contributed by atoms with E-state index in [0.717, 1.165) is 18.4 Å². The predicted octanol–water partition coefficient (Wildman–Crippen LogP) is 1.72. The number of hydrogen-bond acceptors (Lipinski definition) is 4. The van der Waals surface area contributed by atoms with Crippen LogP contribution in [0.4, 0.5) is 0 Å². The summed E-state index contributed by atoms with van der Waals surface area (Å²) in [6, 6.07) is 5.23. The van der Waals surface area contributed by atoms with Gasteiger partial charge < -0.3 is 19.7 Å². The highest BCUT2D eigenvalue weighted by atomic mass is 16.5. The van der Waals surface area contributed by atoms with E-state index in [1.807, 2.05) is 25.1 Å². The van der Waals surface area contributed by atoms with Gasteiger partial charge >= 0.3 is 0 Å². The highest BCUT2D eigenvalue weighted by molar-refractivity contribution is 5.87. The highest BCUT2D eigenvalue weighted by Crippen LogP contribution is 2.28. The average molecular weight is 320 g/mol. The number of rotatable bonds is 6. The topological polar surface area (TPSA) is 67.9 Å². The summed E-state index contributed by atoms with van der Waals surface area (Å²) in [6.45, 7) is 5.03. The van der Waals surface area contributed by atoms with E-state index in [0.29, 0.717) is 31.2 Å². The van der Waals surface area contributed by atoms with Crippen molar-refractivity contribution in [1.29, 1.82) is 0 Å². The number of carbonyl (C=O) groups is 2. The summed E-state index contributed by atoms with van der Waals surface area (Å²) in [7, 11) is 1.59. The van der Waals surface area contributed by atoms with E-state index in [2.05, 4.69) is 5.32 Å². The molecule has 2 amide bonds. The summed E-state index contributed by atoms with van der Waals surface area (Å²) in [5.74, 6) is 1.17. The molecule has 2 rings (SSSR count). The Hall–Kier alpha value is -2.24. The number of carbonyl (C=O) groups excluding carboxylic acids is 2. The first-order valence-corrected chi connectivity index (χ1v) is 7.91. The molecule has 1 heterocycles. The third-order valence-corrected chi connectivity index (χ3v) is 3.95. The Balaban J connectivity index is 1.97. The van der Waals surface area contributed by atoms with Gasteiger partial charge in [-0.2, -0.15) is 0 Å². The third-order valence-electron chi connectivity index (χ3n) is 3.95. The summed E-state index contributed by atoms with van der Waals surface area (Å²) in [6.07, 6.45) is 1.59. The van der Waals surface area contributed by atoms with Crippen molar-refractivity contribution in [3.05, 3.63) is 23.8 Å². The van der Waals surface area contributed by atoms with Crippen LogP contribution < -0.4 is 14.8 Å². The number of ether oxygens (including phenoxy) is 2. The molecular formula is C17H24N2O4. The predicted molar refractivity (Wildman–Crippen MR) is 86.4 cm³/mol. The number of hydrogen-bond donors (Lipinski definition) is 1. The minimum absolute atomic E-state index is 0.0506. The molecule has 0 aliphatic carbocycles. The van der Waals surface area contributed by atoms with E-state index >= 15 is 0 Å². The fraction of sp³-hybridized carbons (Fsp3) is 0.529. The van der Waals surface area contributed by atoms with Gasteiger partial charge in [-0.3, -0.25) is 9.59 Å². The molecule has 1 aromatic rings. The molecule has 23 heavy (non-hydrogen) atoms. The lowest BCUT2D eigenvalue weighted by Gasteiger charge is -2.22. The van der Waals surface area contributed by atoms with Crippen molar-refractivity contribution in [1.82, 2.24) is 10.2 Å². The maximum atomic E-state index is 12.3. The molecule has 0 saturated carbocycles. The monoisotopic (exact) mass is 320 g/mol. The second-order valence-corrected chi connectivity index (χ2v) is 5.51. The standard InChI is InChI=1S/C17H24N2O4/c1-4-23-15-8-7-13(10-16(15)22-3)11-18-17(21)14-6-5-9-19(14)12(2)20/h7-8,10,14H,4-6,9,11H2,1-3H3,(H,18,21)/t14-/m1/s1. The Morgan fingerprint density at radius 1 is 1.35 bits per heavy atom. The first-order chi connectivity index (χ1) is 11.1. The molecule has 0 bridgehead atoms. The van der Waals surface area contributed by atoms with E-state index < -0.39 is 0 Å². The molecule has 1 saturated heterocycles. The van der Waals surface area contributed by atoms with Crippen molar-refractivity contribution in [3.8, 4) is 11.5 Å². The average Bonchev–Trinajstić information content (AvgIpc) is 3.03. The zero-order valence-electron chi connectivity index (χ0n) is 13.9. The van der Waals surface area contributed by atoms with Crippen LogP contribution >= 0.6 is 0 Å². The van der Waals surface area contributed by atoms with Gasteiger partial charge in [-0.1, -0.05) is 6.07 Å². The normalized spacial score (nSPS) is 17.0. The second kappa shape index (κ2) is 7.85. The summed E-state index contributed by atoms with van der Waals surface area (Å²) in [4.78, 5) is 25.5. The Bertz CT molecular complexity index is 574. The summed E-state index contributed by atoms with van der Waals surface area (Å²) >= 11 is 0. The van der Waals surface area contributed by atoms with Gasteiger partial charge in [0.15, 0.2) is 11.5 Å². The van der Waals surface area contributed by atoms with E-state index in [9.17, 15) is 9.59 Å². The number of nitrogens with one attached hydrogen (secondary N) is 1. The molecular weight excluding hydrogens is 296 g/mol. The minimum atomic E-state index is -0.350. The first kappa shape index (κ1) is 17.1. The van der Waals surface area contributed by atoms with Gasteiger partial charge in [0.25, 0.3) is 0 Å². The zero-order chi connectivity index (χ0) is 16.8. The van der Waals surface area contributed by atoms with E-state index in [1.54, 1.807) is 12.0 Å². The zero-order valence-corrected chi connectivity index (χ0v) is 13.9. The number of nitrogens with zero attached hydrogens (tertiary/aromatic N) is 1. The van der Waals surface area contributed by atoms with Crippen LogP contribution in [0.2, 0.25) is 0 Å². The molecule has 6 heteroatoms.